The number of carbonyl (C=O) groups is 1. The lowest BCUT2D eigenvalue weighted by molar-refractivity contribution is -0.134. The van der Waals surface area contributed by atoms with E-state index in [9.17, 15) is 9.90 Å². The highest BCUT2D eigenvalue weighted by Crippen LogP contribution is 2.17. The molecule has 3 N–H and O–H groups in total. The van der Waals surface area contributed by atoms with Crippen LogP contribution in [0.15, 0.2) is 30.3 Å². The Morgan fingerprint density at radius 2 is 2.16 bits per heavy atom. The van der Waals surface area contributed by atoms with Crippen molar-refractivity contribution in [3.8, 4) is 0 Å². The average Bonchev–Trinajstić information content (AvgIpc) is 2.47. The van der Waals surface area contributed by atoms with Crippen molar-refractivity contribution in [2.24, 2.45) is 11.7 Å². The van der Waals surface area contributed by atoms with Gasteiger partial charge in [0.05, 0.1) is 6.04 Å². The van der Waals surface area contributed by atoms with E-state index in [1.165, 1.54) is 0 Å². The predicted molar refractivity (Wildman–Crippen MR) is 74.5 cm³/mol. The molecular weight excluding hydrogens is 240 g/mol. The lowest BCUT2D eigenvalue weighted by Crippen LogP contribution is -2.49. The zero-order valence-corrected chi connectivity index (χ0v) is 11.2. The molecule has 104 valence electrons. The number of aliphatic hydroxyl groups excluding tert-OH is 1. The first-order chi connectivity index (χ1) is 9.20. The van der Waals surface area contributed by atoms with Gasteiger partial charge in [0.1, 0.15) is 0 Å². The van der Waals surface area contributed by atoms with Crippen LogP contribution in [0, 0.1) is 5.92 Å². The van der Waals surface area contributed by atoms with Crippen LogP contribution in [0.5, 0.6) is 0 Å². The molecule has 4 nitrogen and oxygen atoms in total. The van der Waals surface area contributed by atoms with Crippen molar-refractivity contribution >= 4 is 5.91 Å². The first-order valence-corrected chi connectivity index (χ1v) is 6.90. The molecule has 0 saturated carbocycles. The number of hydrogen-bond donors (Lipinski definition) is 2. The van der Waals surface area contributed by atoms with Crippen LogP contribution in [0.1, 0.15) is 18.4 Å². The SMILES string of the molecule is N[C@@H](Cc1ccccc1)C(=O)N1CCCC(CO)C1. The molecule has 0 bridgehead atoms. The molecule has 1 amide bonds. The van der Waals surface area contributed by atoms with Gasteiger partial charge in [-0.2, -0.15) is 0 Å². The minimum atomic E-state index is -0.486. The average molecular weight is 262 g/mol. The number of nitrogens with zero attached hydrogens (tertiary/aromatic N) is 1. The highest BCUT2D eigenvalue weighted by Gasteiger charge is 2.26. The van der Waals surface area contributed by atoms with E-state index in [1.807, 2.05) is 30.3 Å². The molecule has 0 aromatic heterocycles. The van der Waals surface area contributed by atoms with Gasteiger partial charge in [0.15, 0.2) is 0 Å². The largest absolute Gasteiger partial charge is 0.396 e. The molecule has 1 heterocycles. The first-order valence-electron chi connectivity index (χ1n) is 6.90. The van der Waals surface area contributed by atoms with Gasteiger partial charge < -0.3 is 15.7 Å². The molecule has 2 atom stereocenters. The number of benzene rings is 1. The summed E-state index contributed by atoms with van der Waals surface area (Å²) in [5, 5.41) is 9.20. The number of carbonyl (C=O) groups excluding carboxylic acids is 1. The topological polar surface area (TPSA) is 66.6 Å². The molecule has 1 aromatic rings. The fourth-order valence-electron chi connectivity index (χ4n) is 2.60. The van der Waals surface area contributed by atoms with E-state index in [-0.39, 0.29) is 18.4 Å². The summed E-state index contributed by atoms with van der Waals surface area (Å²) >= 11 is 0. The third kappa shape index (κ3) is 3.78. The Kier molecular flexibility index (Phi) is 4.93. The van der Waals surface area contributed by atoms with Gasteiger partial charge in [0, 0.05) is 19.7 Å². The Balaban J connectivity index is 1.91. The number of amides is 1. The van der Waals surface area contributed by atoms with Crippen molar-refractivity contribution in [3.05, 3.63) is 35.9 Å². The van der Waals surface area contributed by atoms with Crippen LogP contribution in [-0.4, -0.2) is 41.7 Å². The maximum atomic E-state index is 12.3. The molecule has 0 radical (unpaired) electrons. The smallest absolute Gasteiger partial charge is 0.239 e. The molecule has 1 aromatic carbocycles. The summed E-state index contributed by atoms with van der Waals surface area (Å²) in [5.41, 5.74) is 7.10. The van der Waals surface area contributed by atoms with Crippen molar-refractivity contribution in [2.75, 3.05) is 19.7 Å². The summed E-state index contributed by atoms with van der Waals surface area (Å²) in [6.07, 6.45) is 2.52. The molecule has 4 heteroatoms. The zero-order chi connectivity index (χ0) is 13.7. The third-order valence-electron chi connectivity index (χ3n) is 3.70. The Morgan fingerprint density at radius 1 is 1.42 bits per heavy atom. The fourth-order valence-corrected chi connectivity index (χ4v) is 2.60. The lowest BCUT2D eigenvalue weighted by Gasteiger charge is -2.33. The molecule has 1 aliphatic heterocycles. The third-order valence-corrected chi connectivity index (χ3v) is 3.70. The number of piperidine rings is 1. The molecule has 2 rings (SSSR count). The Bertz CT molecular complexity index is 408. The van der Waals surface area contributed by atoms with Gasteiger partial charge in [-0.05, 0) is 30.7 Å². The summed E-state index contributed by atoms with van der Waals surface area (Å²) < 4.78 is 0. The van der Waals surface area contributed by atoms with Crippen LogP contribution < -0.4 is 5.73 Å². The monoisotopic (exact) mass is 262 g/mol. The van der Waals surface area contributed by atoms with E-state index < -0.39 is 6.04 Å². The van der Waals surface area contributed by atoms with Crippen LogP contribution in [0.3, 0.4) is 0 Å². The normalized spacial score (nSPS) is 21.2. The molecular formula is C15H22N2O2. The van der Waals surface area contributed by atoms with Gasteiger partial charge >= 0.3 is 0 Å². The van der Waals surface area contributed by atoms with Gasteiger partial charge in [0.2, 0.25) is 5.91 Å². The standard InChI is InChI=1S/C15H22N2O2/c16-14(9-12-5-2-1-3-6-12)15(19)17-8-4-7-13(10-17)11-18/h1-3,5-6,13-14,18H,4,7-11,16H2/t13?,14-/m0/s1. The van der Waals surface area contributed by atoms with Crippen LogP contribution >= 0.6 is 0 Å². The van der Waals surface area contributed by atoms with Gasteiger partial charge in [-0.25, -0.2) is 0 Å². The summed E-state index contributed by atoms with van der Waals surface area (Å²) in [4.78, 5) is 14.1. The lowest BCUT2D eigenvalue weighted by atomic mass is 9.97. The van der Waals surface area contributed by atoms with E-state index in [4.69, 9.17) is 5.73 Å². The number of hydrogen-bond acceptors (Lipinski definition) is 3. The van der Waals surface area contributed by atoms with Crippen LogP contribution in [-0.2, 0) is 11.2 Å². The van der Waals surface area contributed by atoms with E-state index in [0.717, 1.165) is 24.9 Å². The number of nitrogens with two attached hydrogens (primary N) is 1. The van der Waals surface area contributed by atoms with Crippen molar-refractivity contribution < 1.29 is 9.90 Å². The highest BCUT2D eigenvalue weighted by atomic mass is 16.3. The van der Waals surface area contributed by atoms with Crippen LogP contribution in [0.4, 0.5) is 0 Å². The van der Waals surface area contributed by atoms with Crippen molar-refractivity contribution in [2.45, 2.75) is 25.3 Å². The maximum absolute atomic E-state index is 12.3. The number of aliphatic hydroxyl groups is 1. The van der Waals surface area contributed by atoms with Crippen LogP contribution in [0.25, 0.3) is 0 Å². The first kappa shape index (κ1) is 14.0. The summed E-state index contributed by atoms with van der Waals surface area (Å²) in [6.45, 7) is 1.55. The van der Waals surface area contributed by atoms with E-state index >= 15 is 0 Å². The number of likely N-dealkylation sites (tertiary alicyclic amines) is 1. The van der Waals surface area contributed by atoms with Crippen LogP contribution in [0.2, 0.25) is 0 Å². The molecule has 0 aliphatic carbocycles. The van der Waals surface area contributed by atoms with Gasteiger partial charge in [-0.3, -0.25) is 4.79 Å². The van der Waals surface area contributed by atoms with Crippen molar-refractivity contribution in [3.63, 3.8) is 0 Å². The van der Waals surface area contributed by atoms with E-state index in [1.54, 1.807) is 4.90 Å². The minimum Gasteiger partial charge on any atom is -0.396 e. The van der Waals surface area contributed by atoms with Gasteiger partial charge in [-0.1, -0.05) is 30.3 Å². The zero-order valence-electron chi connectivity index (χ0n) is 11.2. The molecule has 1 aliphatic rings. The second-order valence-electron chi connectivity index (χ2n) is 5.27. The second kappa shape index (κ2) is 6.68. The predicted octanol–water partition coefficient (Wildman–Crippen LogP) is 0.787. The maximum Gasteiger partial charge on any atom is 0.239 e. The quantitative estimate of drug-likeness (QED) is 0.843. The van der Waals surface area contributed by atoms with Gasteiger partial charge in [-0.15, -0.1) is 0 Å². The number of rotatable bonds is 4. The molecule has 1 unspecified atom stereocenters. The van der Waals surface area contributed by atoms with Gasteiger partial charge in [0.25, 0.3) is 0 Å². The fraction of sp³-hybridized carbons (Fsp3) is 0.533. The Hall–Kier alpha value is -1.39. The Labute approximate surface area is 114 Å². The highest BCUT2D eigenvalue weighted by molar-refractivity contribution is 5.82. The molecule has 0 spiro atoms. The minimum absolute atomic E-state index is 0.00185. The summed E-state index contributed by atoms with van der Waals surface area (Å²) in [5.74, 6) is 0.212. The van der Waals surface area contributed by atoms with Crippen molar-refractivity contribution in [1.82, 2.24) is 4.90 Å². The second-order valence-corrected chi connectivity index (χ2v) is 5.27. The molecule has 1 fully saturated rings. The molecule has 1 saturated heterocycles. The summed E-state index contributed by atoms with van der Waals surface area (Å²) in [6, 6.07) is 9.34. The van der Waals surface area contributed by atoms with Crippen molar-refractivity contribution in [1.29, 1.82) is 0 Å². The summed E-state index contributed by atoms with van der Waals surface area (Å²) in [7, 11) is 0. The molecule has 19 heavy (non-hydrogen) atoms. The van der Waals surface area contributed by atoms with E-state index in [0.29, 0.717) is 13.0 Å². The Morgan fingerprint density at radius 3 is 2.84 bits per heavy atom. The van der Waals surface area contributed by atoms with E-state index in [2.05, 4.69) is 0 Å².